The third-order valence-corrected chi connectivity index (χ3v) is 4.62. The van der Waals surface area contributed by atoms with Gasteiger partial charge in [-0.2, -0.15) is 0 Å². The van der Waals surface area contributed by atoms with Crippen LogP contribution in [-0.2, 0) is 12.8 Å². The number of aryl methyl sites for hydroxylation is 1. The van der Waals surface area contributed by atoms with Crippen molar-refractivity contribution in [2.45, 2.75) is 19.8 Å². The molecule has 0 saturated heterocycles. The molecule has 3 heteroatoms. The average molecular weight is 366 g/mol. The van der Waals surface area contributed by atoms with Crippen molar-refractivity contribution in [1.29, 1.82) is 0 Å². The van der Waals surface area contributed by atoms with Gasteiger partial charge in [-0.1, -0.05) is 55.5 Å². The van der Waals surface area contributed by atoms with Crippen LogP contribution in [0.3, 0.4) is 0 Å². The first-order chi connectivity index (χ1) is 13.2. The number of rotatable bonds is 7. The number of benzene rings is 2. The monoisotopic (exact) mass is 365 g/mol. The molecule has 1 N–H and O–H groups in total. The lowest BCUT2D eigenvalue weighted by molar-refractivity contribution is 0.174. The van der Waals surface area contributed by atoms with Gasteiger partial charge < -0.3 is 9.84 Å². The van der Waals surface area contributed by atoms with Crippen LogP contribution < -0.4 is 4.74 Å². The Morgan fingerprint density at radius 2 is 1.74 bits per heavy atom. The molecule has 0 saturated carbocycles. The lowest BCUT2D eigenvalue weighted by Crippen LogP contribution is -2.35. The van der Waals surface area contributed by atoms with Crippen LogP contribution in [0, 0.1) is 5.92 Å². The fourth-order valence-corrected chi connectivity index (χ4v) is 3.27. The van der Waals surface area contributed by atoms with E-state index < -0.39 is 0 Å². The molecule has 27 heavy (non-hydrogen) atoms. The maximum atomic E-state index is 9.11. The standard InChI is InChI=1S/C16H21NO.C8H10O/c1-3-9-17(10-4-2)12-14-11-15-7-5-6-8-16(15)18-13-14;1-2-7-5-3-4-6-8(7)9/h3-8,14H,1-2,9-13H2;3-6,9H,2H2,1H3/t14-;/m1./s1. The van der Waals surface area contributed by atoms with Crippen LogP contribution >= 0.6 is 0 Å². The summed E-state index contributed by atoms with van der Waals surface area (Å²) in [7, 11) is 0. The summed E-state index contributed by atoms with van der Waals surface area (Å²) in [5.74, 6) is 2.01. The predicted octanol–water partition coefficient (Wildman–Crippen LogP) is 4.87. The molecule has 0 bridgehead atoms. The zero-order valence-corrected chi connectivity index (χ0v) is 16.3. The first-order valence-electron chi connectivity index (χ1n) is 9.59. The van der Waals surface area contributed by atoms with Crippen LogP contribution in [-0.4, -0.2) is 36.2 Å². The number of phenolic OH excluding ortho intramolecular Hbond substituents is 1. The molecular formula is C24H31NO2. The van der Waals surface area contributed by atoms with Gasteiger partial charge in [-0.15, -0.1) is 13.2 Å². The molecule has 2 aromatic rings. The van der Waals surface area contributed by atoms with Crippen LogP contribution in [0.25, 0.3) is 0 Å². The van der Waals surface area contributed by atoms with Gasteiger partial charge in [0.05, 0.1) is 6.61 Å². The Morgan fingerprint density at radius 3 is 2.37 bits per heavy atom. The van der Waals surface area contributed by atoms with E-state index in [4.69, 9.17) is 9.84 Å². The highest BCUT2D eigenvalue weighted by Gasteiger charge is 2.21. The minimum Gasteiger partial charge on any atom is -0.508 e. The second-order valence-corrected chi connectivity index (χ2v) is 6.77. The average Bonchev–Trinajstić information content (AvgIpc) is 2.69. The number of hydrogen-bond donors (Lipinski definition) is 1. The maximum absolute atomic E-state index is 9.11. The van der Waals surface area contributed by atoms with Gasteiger partial charge in [0.15, 0.2) is 0 Å². The van der Waals surface area contributed by atoms with E-state index in [1.165, 1.54) is 5.56 Å². The molecule has 1 atom stereocenters. The summed E-state index contributed by atoms with van der Waals surface area (Å²) in [6, 6.07) is 15.7. The highest BCUT2D eigenvalue weighted by atomic mass is 16.5. The zero-order chi connectivity index (χ0) is 19.5. The van der Waals surface area contributed by atoms with Crippen molar-refractivity contribution in [2.24, 2.45) is 5.92 Å². The van der Waals surface area contributed by atoms with Gasteiger partial charge >= 0.3 is 0 Å². The van der Waals surface area contributed by atoms with Crippen molar-refractivity contribution >= 4 is 0 Å². The van der Waals surface area contributed by atoms with Gasteiger partial charge in [0.2, 0.25) is 0 Å². The van der Waals surface area contributed by atoms with Crippen molar-refractivity contribution in [3.05, 3.63) is 85.0 Å². The molecule has 0 fully saturated rings. The number of nitrogens with zero attached hydrogens (tertiary/aromatic N) is 1. The quantitative estimate of drug-likeness (QED) is 0.711. The molecule has 0 amide bonds. The summed E-state index contributed by atoms with van der Waals surface area (Å²) < 4.78 is 5.81. The fourth-order valence-electron chi connectivity index (χ4n) is 3.27. The number of aromatic hydroxyl groups is 1. The van der Waals surface area contributed by atoms with E-state index in [1.54, 1.807) is 6.07 Å². The number of ether oxygens (including phenoxy) is 1. The summed E-state index contributed by atoms with van der Waals surface area (Å²) in [5.41, 5.74) is 2.34. The summed E-state index contributed by atoms with van der Waals surface area (Å²) in [5, 5.41) is 9.11. The van der Waals surface area contributed by atoms with Crippen molar-refractivity contribution in [3.63, 3.8) is 0 Å². The first-order valence-corrected chi connectivity index (χ1v) is 9.59. The van der Waals surface area contributed by atoms with Crippen LogP contribution in [0.15, 0.2) is 73.8 Å². The highest BCUT2D eigenvalue weighted by molar-refractivity contribution is 5.35. The predicted molar refractivity (Wildman–Crippen MR) is 113 cm³/mol. The molecule has 0 spiro atoms. The van der Waals surface area contributed by atoms with Crippen molar-refractivity contribution in [3.8, 4) is 11.5 Å². The van der Waals surface area contributed by atoms with E-state index in [9.17, 15) is 0 Å². The lowest BCUT2D eigenvalue weighted by atomic mass is 9.96. The van der Waals surface area contributed by atoms with E-state index in [0.29, 0.717) is 11.7 Å². The number of fused-ring (bicyclic) bond motifs is 1. The SMILES string of the molecule is C=CCN(CC=C)C[C@@H]1COc2ccccc2C1.CCc1ccccc1O. The van der Waals surface area contributed by atoms with E-state index >= 15 is 0 Å². The lowest BCUT2D eigenvalue weighted by Gasteiger charge is -2.29. The molecule has 2 aromatic carbocycles. The summed E-state index contributed by atoms with van der Waals surface area (Å²) in [6.07, 6.45) is 5.88. The van der Waals surface area contributed by atoms with Crippen LogP contribution in [0.2, 0.25) is 0 Å². The Bertz CT molecular complexity index is 716. The normalized spacial score (nSPS) is 15.1. The highest BCUT2D eigenvalue weighted by Crippen LogP contribution is 2.27. The minimum absolute atomic E-state index is 0.403. The van der Waals surface area contributed by atoms with Gasteiger partial charge in [0, 0.05) is 25.6 Å². The van der Waals surface area contributed by atoms with E-state index in [-0.39, 0.29) is 0 Å². The summed E-state index contributed by atoms with van der Waals surface area (Å²) >= 11 is 0. The molecule has 0 radical (unpaired) electrons. The third kappa shape index (κ3) is 6.61. The number of para-hydroxylation sites is 2. The molecule has 1 aliphatic rings. The topological polar surface area (TPSA) is 32.7 Å². The smallest absolute Gasteiger partial charge is 0.122 e. The molecular weight excluding hydrogens is 334 g/mol. The third-order valence-electron chi connectivity index (χ3n) is 4.62. The Labute approximate surface area is 163 Å². The molecule has 0 aromatic heterocycles. The second kappa shape index (κ2) is 11.2. The Kier molecular flexibility index (Phi) is 8.66. The molecule has 0 aliphatic carbocycles. The molecule has 3 rings (SSSR count). The van der Waals surface area contributed by atoms with Crippen molar-refractivity contribution in [2.75, 3.05) is 26.2 Å². The summed E-state index contributed by atoms with van der Waals surface area (Å²) in [4.78, 5) is 2.35. The number of hydrogen-bond acceptors (Lipinski definition) is 3. The largest absolute Gasteiger partial charge is 0.508 e. The van der Waals surface area contributed by atoms with Gasteiger partial charge in [-0.25, -0.2) is 0 Å². The van der Waals surface area contributed by atoms with E-state index in [1.807, 2.05) is 43.3 Å². The molecule has 144 valence electrons. The van der Waals surface area contributed by atoms with Crippen LogP contribution in [0.4, 0.5) is 0 Å². The number of phenols is 1. The maximum Gasteiger partial charge on any atom is 0.122 e. The zero-order valence-electron chi connectivity index (χ0n) is 16.3. The molecule has 1 aliphatic heterocycles. The van der Waals surface area contributed by atoms with E-state index in [2.05, 4.69) is 36.3 Å². The Hall–Kier alpha value is -2.52. The first kappa shape index (κ1) is 20.8. The second-order valence-electron chi connectivity index (χ2n) is 6.77. The summed E-state index contributed by atoms with van der Waals surface area (Å²) in [6.45, 7) is 13.3. The van der Waals surface area contributed by atoms with Gasteiger partial charge in [0.1, 0.15) is 11.5 Å². The van der Waals surface area contributed by atoms with Crippen molar-refractivity contribution < 1.29 is 9.84 Å². The van der Waals surface area contributed by atoms with Crippen LogP contribution in [0.5, 0.6) is 11.5 Å². The Balaban J connectivity index is 0.000000244. The van der Waals surface area contributed by atoms with Crippen LogP contribution in [0.1, 0.15) is 18.1 Å². The Morgan fingerprint density at radius 1 is 1.07 bits per heavy atom. The van der Waals surface area contributed by atoms with E-state index in [0.717, 1.165) is 50.4 Å². The molecule has 0 unspecified atom stereocenters. The van der Waals surface area contributed by atoms with Gasteiger partial charge in [-0.3, -0.25) is 4.90 Å². The fraction of sp³-hybridized carbons (Fsp3) is 0.333. The minimum atomic E-state index is 0.403. The molecule has 1 heterocycles. The van der Waals surface area contributed by atoms with Crippen molar-refractivity contribution in [1.82, 2.24) is 4.90 Å². The molecule has 3 nitrogen and oxygen atoms in total. The van der Waals surface area contributed by atoms with Gasteiger partial charge in [0.25, 0.3) is 0 Å². The van der Waals surface area contributed by atoms with Gasteiger partial charge in [-0.05, 0) is 36.1 Å².